The van der Waals surface area contributed by atoms with Crippen molar-refractivity contribution in [2.45, 2.75) is 25.3 Å². The van der Waals surface area contributed by atoms with E-state index in [-0.39, 0.29) is 29.5 Å². The number of nitrogens with one attached hydrogen (secondary N) is 2. The maximum absolute atomic E-state index is 14.6. The fourth-order valence-corrected chi connectivity index (χ4v) is 5.48. The van der Waals surface area contributed by atoms with E-state index >= 15 is 0 Å². The summed E-state index contributed by atoms with van der Waals surface area (Å²) in [6.45, 7) is 0.168. The van der Waals surface area contributed by atoms with Gasteiger partial charge in [0.25, 0.3) is 11.8 Å². The lowest BCUT2D eigenvalue weighted by Crippen LogP contribution is -2.34. The molecule has 0 spiro atoms. The lowest BCUT2D eigenvalue weighted by molar-refractivity contribution is 0.0119. The van der Waals surface area contributed by atoms with Gasteiger partial charge in [0.15, 0.2) is 11.6 Å². The van der Waals surface area contributed by atoms with Crippen molar-refractivity contribution in [3.8, 4) is 11.1 Å². The van der Waals surface area contributed by atoms with Crippen molar-refractivity contribution in [1.29, 1.82) is 0 Å². The van der Waals surface area contributed by atoms with E-state index in [9.17, 15) is 18.0 Å². The minimum Gasteiger partial charge on any atom is -0.341 e. The number of carbonyl (C=O) groups is 1. The van der Waals surface area contributed by atoms with Crippen LogP contribution in [-0.2, 0) is 20.0 Å². The monoisotopic (exact) mass is 556 g/mol. The maximum Gasteiger partial charge on any atom is 0.272 e. The summed E-state index contributed by atoms with van der Waals surface area (Å²) in [7, 11) is 1.70. The fourth-order valence-electron chi connectivity index (χ4n) is 5.07. The topological polar surface area (TPSA) is 95.0 Å². The molecule has 2 N–H and O–H groups in total. The molecule has 1 aromatic carbocycles. The van der Waals surface area contributed by atoms with Crippen molar-refractivity contribution in [2.24, 2.45) is 7.05 Å². The number of alkyl halides is 2. The first-order chi connectivity index (χ1) is 18.7. The molecule has 202 valence electrons. The molecule has 39 heavy (non-hydrogen) atoms. The average molecular weight is 557 g/mol. The van der Waals surface area contributed by atoms with Crippen LogP contribution in [0, 0.1) is 5.82 Å². The third-order valence-corrected chi connectivity index (χ3v) is 7.59. The summed E-state index contributed by atoms with van der Waals surface area (Å²) in [5.41, 5.74) is 4.30. The minimum absolute atomic E-state index is 0.0185. The highest BCUT2D eigenvalue weighted by atomic mass is 35.5. The van der Waals surface area contributed by atoms with Crippen LogP contribution in [-0.4, -0.2) is 61.1 Å². The van der Waals surface area contributed by atoms with Gasteiger partial charge in [-0.15, -0.1) is 0 Å². The average Bonchev–Trinajstić information content (AvgIpc) is 3.64. The summed E-state index contributed by atoms with van der Waals surface area (Å²) in [4.78, 5) is 24.7. The second-order valence-corrected chi connectivity index (χ2v) is 10.1. The van der Waals surface area contributed by atoms with Gasteiger partial charge in [0.1, 0.15) is 5.69 Å². The van der Waals surface area contributed by atoms with E-state index in [1.54, 1.807) is 24.0 Å². The Morgan fingerprint density at radius 2 is 1.95 bits per heavy atom. The normalized spacial score (nSPS) is 16.4. The second-order valence-electron chi connectivity index (χ2n) is 9.71. The van der Waals surface area contributed by atoms with Gasteiger partial charge in [0.05, 0.1) is 30.5 Å². The molecule has 0 unspecified atom stereocenters. The van der Waals surface area contributed by atoms with Gasteiger partial charge < -0.3 is 19.7 Å². The number of rotatable bonds is 5. The van der Waals surface area contributed by atoms with Gasteiger partial charge in [-0.2, -0.15) is 10.1 Å². The Morgan fingerprint density at radius 1 is 1.15 bits per heavy atom. The Bertz CT molecular complexity index is 1540. The summed E-state index contributed by atoms with van der Waals surface area (Å²) in [6, 6.07) is 7.41. The van der Waals surface area contributed by atoms with E-state index in [4.69, 9.17) is 11.6 Å². The number of fused-ring (bicyclic) bond motifs is 1. The van der Waals surface area contributed by atoms with E-state index in [0.29, 0.717) is 31.1 Å². The van der Waals surface area contributed by atoms with Crippen LogP contribution in [0.4, 0.5) is 30.6 Å². The molecule has 5 heterocycles. The van der Waals surface area contributed by atoms with E-state index in [1.165, 1.54) is 0 Å². The predicted octanol–water partition coefficient (Wildman–Crippen LogP) is 4.79. The Kier molecular flexibility index (Phi) is 6.21. The highest BCUT2D eigenvalue weighted by Gasteiger charge is 2.42. The molecule has 0 atom stereocenters. The number of nitrogens with zero attached hydrogens (tertiary/aromatic N) is 6. The molecule has 4 aromatic rings. The molecule has 0 saturated carbocycles. The summed E-state index contributed by atoms with van der Waals surface area (Å²) in [5.74, 6) is -3.67. The largest absolute Gasteiger partial charge is 0.341 e. The molecule has 9 nitrogen and oxygen atoms in total. The number of hydrogen-bond acceptors (Lipinski definition) is 6. The second kappa shape index (κ2) is 9.60. The molecule has 2 aliphatic rings. The first-order valence-corrected chi connectivity index (χ1v) is 12.7. The number of benzene rings is 1. The zero-order valence-electron chi connectivity index (χ0n) is 20.9. The molecule has 3 aromatic heterocycles. The summed E-state index contributed by atoms with van der Waals surface area (Å²) >= 11 is 6.60. The van der Waals surface area contributed by atoms with Crippen molar-refractivity contribution >= 4 is 35.0 Å². The maximum atomic E-state index is 14.6. The van der Waals surface area contributed by atoms with E-state index in [0.717, 1.165) is 33.5 Å². The number of amides is 1. The first-order valence-electron chi connectivity index (χ1n) is 12.4. The van der Waals surface area contributed by atoms with Gasteiger partial charge in [-0.05, 0) is 29.7 Å². The minimum atomic E-state index is -2.89. The molecule has 0 radical (unpaired) electrons. The van der Waals surface area contributed by atoms with Crippen molar-refractivity contribution in [1.82, 2.24) is 29.6 Å². The number of anilines is 3. The number of aromatic nitrogens is 5. The van der Waals surface area contributed by atoms with Crippen LogP contribution in [0.5, 0.6) is 0 Å². The van der Waals surface area contributed by atoms with Gasteiger partial charge >= 0.3 is 0 Å². The molecular weight excluding hydrogens is 533 g/mol. The van der Waals surface area contributed by atoms with Gasteiger partial charge in [-0.25, -0.2) is 18.2 Å². The summed E-state index contributed by atoms with van der Waals surface area (Å²) in [6.07, 6.45) is 4.74. The van der Waals surface area contributed by atoms with E-state index < -0.39 is 24.2 Å². The number of likely N-dealkylation sites (tertiary alicyclic amines) is 1. The van der Waals surface area contributed by atoms with Crippen LogP contribution in [0.1, 0.15) is 28.2 Å². The van der Waals surface area contributed by atoms with Crippen LogP contribution in [0.3, 0.4) is 0 Å². The van der Waals surface area contributed by atoms with Gasteiger partial charge in [0, 0.05) is 49.7 Å². The number of H-pyrrole nitrogens is 1. The van der Waals surface area contributed by atoms with Gasteiger partial charge in [-0.1, -0.05) is 23.7 Å². The molecule has 1 saturated heterocycles. The zero-order chi connectivity index (χ0) is 27.3. The summed E-state index contributed by atoms with van der Waals surface area (Å²) in [5, 5.41) is 10.0. The Hall–Kier alpha value is -4.06. The Morgan fingerprint density at radius 3 is 2.64 bits per heavy atom. The lowest BCUT2D eigenvalue weighted by Gasteiger charge is -2.28. The molecule has 1 fully saturated rings. The molecule has 0 bridgehead atoms. The predicted molar refractivity (Wildman–Crippen MR) is 140 cm³/mol. The molecule has 13 heteroatoms. The van der Waals surface area contributed by atoms with Crippen LogP contribution in [0.15, 0.2) is 42.9 Å². The zero-order valence-corrected chi connectivity index (χ0v) is 21.6. The van der Waals surface area contributed by atoms with Crippen LogP contribution < -0.4 is 10.2 Å². The summed E-state index contributed by atoms with van der Waals surface area (Å²) < 4.78 is 43.7. The molecule has 0 aliphatic carbocycles. The molecular formula is C26H24ClF3N8O. The lowest BCUT2D eigenvalue weighted by atomic mass is 10.1. The Labute approximate surface area is 226 Å². The smallest absolute Gasteiger partial charge is 0.272 e. The molecule has 6 rings (SSSR count). The number of aromatic amines is 1. The number of carbonyl (C=O) groups excluding carboxylic acids is 1. The highest BCUT2D eigenvalue weighted by Crippen LogP contribution is 2.36. The quantitative estimate of drug-likeness (QED) is 0.367. The van der Waals surface area contributed by atoms with Gasteiger partial charge in [0.2, 0.25) is 5.95 Å². The van der Waals surface area contributed by atoms with Gasteiger partial charge in [-0.3, -0.25) is 9.89 Å². The van der Waals surface area contributed by atoms with Crippen LogP contribution >= 0.6 is 11.6 Å². The third-order valence-electron chi connectivity index (χ3n) is 7.19. The standard InChI is InChI=1S/C26H24ClF3N8O/c1-36-20-13-37(8-6-18(20)21(27)22(36)24(39)38-9-7-26(29,30)14-38)25-31-12-19(28)23(35-25)34-17-4-2-15(3-5-17)16-10-32-33-11-16/h2-5,10-12H,6-9,13-14H2,1H3,(H,32,33)(H,31,34,35). The molecule has 1 amide bonds. The number of halogens is 4. The first kappa shape index (κ1) is 25.2. The van der Waals surface area contributed by atoms with Crippen molar-refractivity contribution < 1.29 is 18.0 Å². The van der Waals surface area contributed by atoms with Crippen molar-refractivity contribution in [3.05, 3.63) is 70.6 Å². The Balaban J connectivity index is 1.22. The van der Waals surface area contributed by atoms with Crippen LogP contribution in [0.25, 0.3) is 11.1 Å². The number of hydrogen-bond donors (Lipinski definition) is 2. The SMILES string of the molecule is Cn1c2c(c(Cl)c1C(=O)N1CCC(F)(F)C1)CCN(c1ncc(F)c(Nc3ccc(-c4cn[nH]c4)cc3)n1)C2. The van der Waals surface area contributed by atoms with Crippen molar-refractivity contribution in [2.75, 3.05) is 29.9 Å². The van der Waals surface area contributed by atoms with E-state index in [2.05, 4.69) is 25.5 Å². The van der Waals surface area contributed by atoms with Crippen molar-refractivity contribution in [3.63, 3.8) is 0 Å². The highest BCUT2D eigenvalue weighted by molar-refractivity contribution is 6.34. The molecule has 2 aliphatic heterocycles. The third kappa shape index (κ3) is 4.69. The van der Waals surface area contributed by atoms with Crippen LogP contribution in [0.2, 0.25) is 5.02 Å². The van der Waals surface area contributed by atoms with E-state index in [1.807, 2.05) is 29.2 Å². The fraction of sp³-hybridized carbons (Fsp3) is 0.308.